The minimum Gasteiger partial charge on any atom is -0.480 e. The summed E-state index contributed by atoms with van der Waals surface area (Å²) in [7, 11) is 1.47. The van der Waals surface area contributed by atoms with Crippen LogP contribution in [0.5, 0.6) is 5.88 Å². The zero-order chi connectivity index (χ0) is 26.6. The molecule has 0 spiro atoms. The first-order valence-electron chi connectivity index (χ1n) is 11.5. The summed E-state index contributed by atoms with van der Waals surface area (Å²) in [5.41, 5.74) is 16.8. The molecule has 0 saturated heterocycles. The number of hydrogen-bond acceptors (Lipinski definition) is 8. The molecule has 0 unspecified atom stereocenters. The van der Waals surface area contributed by atoms with Gasteiger partial charge in [-0.3, -0.25) is 10.2 Å². The molecule has 0 bridgehead atoms. The van der Waals surface area contributed by atoms with Crippen LogP contribution in [0.2, 0.25) is 0 Å². The lowest BCUT2D eigenvalue weighted by molar-refractivity contribution is 0.400. The second kappa shape index (κ2) is 10.2. The summed E-state index contributed by atoms with van der Waals surface area (Å²) in [6, 6.07) is 25.0. The van der Waals surface area contributed by atoms with Gasteiger partial charge < -0.3 is 15.8 Å². The van der Waals surface area contributed by atoms with Crippen molar-refractivity contribution >= 4 is 34.2 Å². The number of pyridine rings is 1. The van der Waals surface area contributed by atoms with Gasteiger partial charge in [0.25, 0.3) is 5.56 Å². The fourth-order valence-corrected chi connectivity index (χ4v) is 4.06. The first-order valence-corrected chi connectivity index (χ1v) is 11.5. The molecule has 0 radical (unpaired) electrons. The van der Waals surface area contributed by atoms with Crippen LogP contribution in [-0.2, 0) is 0 Å². The van der Waals surface area contributed by atoms with E-state index < -0.39 is 0 Å². The number of methoxy groups -OCH3 is 1. The van der Waals surface area contributed by atoms with E-state index in [1.807, 2.05) is 30.3 Å². The van der Waals surface area contributed by atoms with E-state index in [0.29, 0.717) is 39.1 Å². The van der Waals surface area contributed by atoms with Crippen LogP contribution in [0.4, 0.5) is 17.3 Å². The van der Waals surface area contributed by atoms with Crippen molar-refractivity contribution in [1.29, 1.82) is 10.9 Å². The molecule has 0 atom stereocenters. The summed E-state index contributed by atoms with van der Waals surface area (Å²) < 4.78 is 6.75. The number of anilines is 3. The number of aromatic nitrogens is 3. The molecule has 0 aliphatic carbocycles. The smallest absolute Gasteiger partial charge is 0.267 e. The number of rotatable bonds is 6. The van der Waals surface area contributed by atoms with Crippen molar-refractivity contribution in [2.24, 2.45) is 5.22 Å². The molecule has 0 aliphatic heterocycles. The number of benzene rings is 3. The zero-order valence-electron chi connectivity index (χ0n) is 20.3. The molecular weight excluding hydrogens is 482 g/mol. The highest BCUT2D eigenvalue weighted by atomic mass is 16.5. The van der Waals surface area contributed by atoms with Gasteiger partial charge in [0.15, 0.2) is 0 Å². The van der Waals surface area contributed by atoms with Crippen molar-refractivity contribution < 1.29 is 4.74 Å². The average Bonchev–Trinajstić information content (AvgIpc) is 2.94. The molecule has 5 aromatic rings. The van der Waals surface area contributed by atoms with Crippen molar-refractivity contribution in [3.05, 3.63) is 101 Å². The topological polar surface area (TPSA) is 158 Å². The number of guanidine groups is 1. The maximum absolute atomic E-state index is 13.4. The van der Waals surface area contributed by atoms with E-state index in [1.165, 1.54) is 11.7 Å². The maximum atomic E-state index is 13.4. The van der Waals surface area contributed by atoms with Gasteiger partial charge in [-0.25, -0.2) is 14.5 Å². The Labute approximate surface area is 217 Å². The third-order valence-corrected chi connectivity index (χ3v) is 5.85. The van der Waals surface area contributed by atoms with Crippen LogP contribution in [0.3, 0.4) is 0 Å². The molecule has 5 rings (SSSR count). The SMILES string of the molecule is COc1ncc(-c2ccc3nc(N)n(-c4ccccc4)c(=O)c3c2)cc1NC(=N)N(N=N)c1ccccc1. The van der Waals surface area contributed by atoms with Gasteiger partial charge in [0.2, 0.25) is 17.8 Å². The second-order valence-electron chi connectivity index (χ2n) is 8.18. The summed E-state index contributed by atoms with van der Waals surface area (Å²) in [5.74, 6) is 0.172. The Morgan fingerprint density at radius 2 is 1.74 bits per heavy atom. The summed E-state index contributed by atoms with van der Waals surface area (Å²) in [6.45, 7) is 0. The van der Waals surface area contributed by atoms with Gasteiger partial charge in [-0.1, -0.05) is 47.7 Å². The first-order chi connectivity index (χ1) is 18.5. The molecule has 2 aromatic heterocycles. The molecule has 11 nitrogen and oxygen atoms in total. The Balaban J connectivity index is 1.54. The molecule has 0 saturated carbocycles. The molecule has 5 N–H and O–H groups in total. The third-order valence-electron chi connectivity index (χ3n) is 5.85. The predicted octanol–water partition coefficient (Wildman–Crippen LogP) is 4.84. The van der Waals surface area contributed by atoms with Crippen LogP contribution < -0.4 is 26.4 Å². The number of nitrogens with two attached hydrogens (primary N) is 1. The first kappa shape index (κ1) is 24.1. The number of nitrogens with zero attached hydrogens (tertiary/aromatic N) is 5. The normalized spacial score (nSPS) is 10.7. The Morgan fingerprint density at radius 1 is 1.03 bits per heavy atom. The highest BCUT2D eigenvalue weighted by Gasteiger charge is 2.17. The van der Waals surface area contributed by atoms with Crippen molar-refractivity contribution in [3.63, 3.8) is 0 Å². The summed E-state index contributed by atoms with van der Waals surface area (Å²) in [4.78, 5) is 22.2. The van der Waals surface area contributed by atoms with Gasteiger partial charge >= 0.3 is 0 Å². The summed E-state index contributed by atoms with van der Waals surface area (Å²) in [6.07, 6.45) is 1.61. The van der Waals surface area contributed by atoms with Gasteiger partial charge in [0, 0.05) is 11.8 Å². The highest BCUT2D eigenvalue weighted by Crippen LogP contribution is 2.30. The molecule has 0 fully saturated rings. The van der Waals surface area contributed by atoms with Gasteiger partial charge in [-0.15, -0.1) is 0 Å². The minimum absolute atomic E-state index is 0.0975. The summed E-state index contributed by atoms with van der Waals surface area (Å²) >= 11 is 0. The molecule has 0 aliphatic rings. The van der Waals surface area contributed by atoms with E-state index in [0.717, 1.165) is 5.01 Å². The van der Waals surface area contributed by atoms with Crippen molar-refractivity contribution in [2.75, 3.05) is 23.2 Å². The van der Waals surface area contributed by atoms with E-state index >= 15 is 0 Å². The van der Waals surface area contributed by atoms with E-state index in [4.69, 9.17) is 21.4 Å². The van der Waals surface area contributed by atoms with Gasteiger partial charge in [0.1, 0.15) is 5.69 Å². The molecule has 2 heterocycles. The molecule has 188 valence electrons. The largest absolute Gasteiger partial charge is 0.480 e. The number of nitrogen functional groups attached to an aromatic ring is 1. The quantitative estimate of drug-likeness (QED) is 0.111. The molecule has 38 heavy (non-hydrogen) atoms. The predicted molar refractivity (Wildman–Crippen MR) is 147 cm³/mol. The lowest BCUT2D eigenvalue weighted by Gasteiger charge is -2.20. The average molecular weight is 506 g/mol. The fraction of sp³-hybridized carbons (Fsp3) is 0.0370. The van der Waals surface area contributed by atoms with E-state index in [-0.39, 0.29) is 23.3 Å². The fourth-order valence-electron chi connectivity index (χ4n) is 4.06. The van der Waals surface area contributed by atoms with E-state index in [9.17, 15) is 4.79 Å². The van der Waals surface area contributed by atoms with Crippen molar-refractivity contribution in [2.45, 2.75) is 0 Å². The van der Waals surface area contributed by atoms with Crippen LogP contribution >= 0.6 is 0 Å². The van der Waals surface area contributed by atoms with Crippen LogP contribution in [0.15, 0.2) is 101 Å². The molecule has 11 heteroatoms. The van der Waals surface area contributed by atoms with Crippen LogP contribution in [-0.4, -0.2) is 27.6 Å². The lowest BCUT2D eigenvalue weighted by atomic mass is 10.0. The van der Waals surface area contributed by atoms with Crippen LogP contribution in [0, 0.1) is 10.9 Å². The Kier molecular flexibility index (Phi) is 6.47. The second-order valence-corrected chi connectivity index (χ2v) is 8.18. The van der Waals surface area contributed by atoms with Crippen LogP contribution in [0.1, 0.15) is 0 Å². The maximum Gasteiger partial charge on any atom is 0.267 e. The lowest BCUT2D eigenvalue weighted by Crippen LogP contribution is -2.30. The number of nitrogens with one attached hydrogen (secondary N) is 3. The zero-order valence-corrected chi connectivity index (χ0v) is 20.3. The Bertz CT molecular complexity index is 1700. The van der Waals surface area contributed by atoms with Crippen LogP contribution in [0.25, 0.3) is 27.7 Å². The van der Waals surface area contributed by atoms with Crippen molar-refractivity contribution in [1.82, 2.24) is 14.5 Å². The molecule has 3 aromatic carbocycles. The number of hydrogen-bond donors (Lipinski definition) is 4. The number of ether oxygens (including phenoxy) is 1. The van der Waals surface area contributed by atoms with Gasteiger partial charge in [-0.05, 0) is 48.0 Å². The molecule has 0 amide bonds. The van der Waals surface area contributed by atoms with E-state index in [1.54, 1.807) is 60.8 Å². The standard InChI is InChI=1S/C27H23N9O2/c1-38-24-23(33-27(29)36(34-30)20-10-6-3-7-11-20)15-18(16-31-24)17-12-13-22-21(14-17)25(37)35(26(28)32-22)19-8-4-2-5-9-19/h2-16,30H,1H3,(H2,28,32)(H2,29,33). The minimum atomic E-state index is -0.294. The highest BCUT2D eigenvalue weighted by molar-refractivity contribution is 6.03. The summed E-state index contributed by atoms with van der Waals surface area (Å²) in [5, 5.41) is 16.4. The molecular formula is C27H23N9O2. The van der Waals surface area contributed by atoms with E-state index in [2.05, 4.69) is 20.5 Å². The third kappa shape index (κ3) is 4.51. The monoisotopic (exact) mass is 505 g/mol. The van der Waals surface area contributed by atoms with Crippen molar-refractivity contribution in [3.8, 4) is 22.7 Å². The number of fused-ring (bicyclic) bond motifs is 1. The Hall–Kier alpha value is -5.58. The van der Waals surface area contributed by atoms with Gasteiger partial charge in [0.05, 0.1) is 29.4 Å². The number of para-hydroxylation sites is 2. The Morgan fingerprint density at radius 3 is 2.42 bits per heavy atom. The van der Waals surface area contributed by atoms with Gasteiger partial charge in [-0.2, -0.15) is 10.5 Å².